The number of thioether (sulfide) groups is 1. The van der Waals surface area contributed by atoms with Crippen molar-refractivity contribution in [2.75, 3.05) is 11.4 Å². The zero-order valence-corrected chi connectivity index (χ0v) is 15.8. The van der Waals surface area contributed by atoms with E-state index >= 15 is 0 Å². The average molecular weight is 350 g/mol. The number of anilines is 1. The van der Waals surface area contributed by atoms with Crippen molar-refractivity contribution >= 4 is 29.3 Å². The lowest BCUT2D eigenvalue weighted by molar-refractivity contribution is -0.126. The number of carbonyl (C=O) groups excluding carboxylic acids is 2. The van der Waals surface area contributed by atoms with Crippen LogP contribution in [-0.2, 0) is 9.59 Å². The van der Waals surface area contributed by atoms with E-state index in [-0.39, 0.29) is 23.8 Å². The Balaban J connectivity index is 2.14. The number of carbonyl (C=O) groups is 2. The molecule has 1 N–H and O–H groups in total. The van der Waals surface area contributed by atoms with Crippen LogP contribution in [0.3, 0.4) is 0 Å². The summed E-state index contributed by atoms with van der Waals surface area (Å²) in [6.45, 7) is 8.79. The first-order chi connectivity index (χ1) is 11.4. The lowest BCUT2D eigenvalue weighted by Gasteiger charge is -2.33. The zero-order chi connectivity index (χ0) is 17.7. The highest BCUT2D eigenvalue weighted by molar-refractivity contribution is 8.00. The van der Waals surface area contributed by atoms with Crippen LogP contribution in [0.15, 0.2) is 23.4 Å². The molecule has 2 rings (SSSR count). The molecular formula is C18H27N3O2S. The molecule has 1 aromatic rings. The summed E-state index contributed by atoms with van der Waals surface area (Å²) in [6, 6.07) is 3.78. The maximum Gasteiger partial charge on any atom is 0.241 e. The summed E-state index contributed by atoms with van der Waals surface area (Å²) in [5, 5.41) is 3.44. The molecule has 132 valence electrons. The lowest BCUT2D eigenvalue weighted by atomic mass is 10.0. The van der Waals surface area contributed by atoms with Crippen LogP contribution in [0, 0.1) is 0 Å². The quantitative estimate of drug-likeness (QED) is 0.820. The van der Waals surface area contributed by atoms with E-state index in [9.17, 15) is 9.59 Å². The third-order valence-electron chi connectivity index (χ3n) is 4.30. The van der Waals surface area contributed by atoms with Crippen LogP contribution in [0.2, 0.25) is 0 Å². The Morgan fingerprint density at radius 3 is 2.83 bits per heavy atom. The fourth-order valence-electron chi connectivity index (χ4n) is 2.52. The molecule has 0 bridgehead atoms. The molecule has 0 saturated carbocycles. The number of fused-ring (bicyclic) bond motifs is 1. The van der Waals surface area contributed by atoms with E-state index in [0.29, 0.717) is 6.54 Å². The van der Waals surface area contributed by atoms with Gasteiger partial charge in [0.2, 0.25) is 11.8 Å². The van der Waals surface area contributed by atoms with E-state index in [0.717, 1.165) is 30.0 Å². The third-order valence-corrected chi connectivity index (χ3v) is 5.50. The van der Waals surface area contributed by atoms with E-state index in [1.165, 1.54) is 11.8 Å². The van der Waals surface area contributed by atoms with E-state index in [2.05, 4.69) is 17.2 Å². The van der Waals surface area contributed by atoms with Gasteiger partial charge in [0.1, 0.15) is 5.03 Å². The van der Waals surface area contributed by atoms with Gasteiger partial charge in [-0.25, -0.2) is 4.98 Å². The second-order valence-electron chi connectivity index (χ2n) is 6.77. The molecule has 0 saturated heterocycles. The first kappa shape index (κ1) is 18.8. The molecule has 0 aromatic carbocycles. The predicted molar refractivity (Wildman–Crippen MR) is 98.3 cm³/mol. The molecule has 2 amide bonds. The number of unbranched alkanes of at least 4 members (excludes halogenated alkanes) is 1. The SMILES string of the molecule is CCCCN1C(=O)[C@H](CC(=O)NC(C)(C)CC)Sc2ncccc21. The molecule has 0 spiro atoms. The van der Waals surface area contributed by atoms with Gasteiger partial charge in [0.25, 0.3) is 0 Å². The van der Waals surface area contributed by atoms with Crippen LogP contribution in [0.1, 0.15) is 53.4 Å². The largest absolute Gasteiger partial charge is 0.351 e. The van der Waals surface area contributed by atoms with Crippen molar-refractivity contribution in [3.05, 3.63) is 18.3 Å². The Morgan fingerprint density at radius 1 is 1.42 bits per heavy atom. The first-order valence-electron chi connectivity index (χ1n) is 8.62. The number of amides is 2. The van der Waals surface area contributed by atoms with Crippen LogP contribution in [0.5, 0.6) is 0 Å². The molecule has 1 aromatic heterocycles. The average Bonchev–Trinajstić information content (AvgIpc) is 2.54. The fourth-order valence-corrected chi connectivity index (χ4v) is 3.67. The Bertz CT molecular complexity index is 604. The van der Waals surface area contributed by atoms with E-state index in [1.807, 2.05) is 32.9 Å². The minimum absolute atomic E-state index is 0.0124. The molecule has 24 heavy (non-hydrogen) atoms. The van der Waals surface area contributed by atoms with Crippen molar-refractivity contribution in [2.45, 2.75) is 69.2 Å². The first-order valence-corrected chi connectivity index (χ1v) is 9.50. The fraction of sp³-hybridized carbons (Fsp3) is 0.611. The summed E-state index contributed by atoms with van der Waals surface area (Å²) in [5.41, 5.74) is 0.615. The summed E-state index contributed by atoms with van der Waals surface area (Å²) in [7, 11) is 0. The van der Waals surface area contributed by atoms with Gasteiger partial charge < -0.3 is 10.2 Å². The van der Waals surface area contributed by atoms with Gasteiger partial charge in [0.15, 0.2) is 0 Å². The minimum Gasteiger partial charge on any atom is -0.351 e. The zero-order valence-electron chi connectivity index (χ0n) is 15.0. The monoisotopic (exact) mass is 349 g/mol. The molecule has 1 aliphatic heterocycles. The van der Waals surface area contributed by atoms with Crippen molar-refractivity contribution < 1.29 is 9.59 Å². The Hall–Kier alpha value is -1.56. The van der Waals surface area contributed by atoms with Gasteiger partial charge in [-0.2, -0.15) is 0 Å². The Labute approximate surface area is 148 Å². The van der Waals surface area contributed by atoms with E-state index < -0.39 is 5.25 Å². The molecule has 0 aliphatic carbocycles. The third kappa shape index (κ3) is 4.50. The van der Waals surface area contributed by atoms with Gasteiger partial charge >= 0.3 is 0 Å². The van der Waals surface area contributed by atoms with Gasteiger partial charge in [-0.05, 0) is 38.8 Å². The van der Waals surface area contributed by atoms with Crippen molar-refractivity contribution in [1.29, 1.82) is 0 Å². The maximum absolute atomic E-state index is 12.9. The highest BCUT2D eigenvalue weighted by atomic mass is 32.2. The molecule has 6 heteroatoms. The van der Waals surface area contributed by atoms with E-state index in [4.69, 9.17) is 0 Å². The van der Waals surface area contributed by atoms with E-state index in [1.54, 1.807) is 11.1 Å². The minimum atomic E-state index is -0.406. The second-order valence-corrected chi connectivity index (χ2v) is 7.96. The van der Waals surface area contributed by atoms with Crippen LogP contribution < -0.4 is 10.2 Å². The molecule has 1 aliphatic rings. The van der Waals surface area contributed by atoms with Gasteiger partial charge in [-0.3, -0.25) is 9.59 Å². The molecular weight excluding hydrogens is 322 g/mol. The van der Waals surface area contributed by atoms with Crippen LogP contribution in [-0.4, -0.2) is 34.1 Å². The summed E-state index contributed by atoms with van der Waals surface area (Å²) >= 11 is 1.40. The van der Waals surface area contributed by atoms with Crippen molar-refractivity contribution in [3.63, 3.8) is 0 Å². The Kier molecular flexibility index (Phi) is 6.27. The van der Waals surface area contributed by atoms with Gasteiger partial charge in [0.05, 0.1) is 10.9 Å². The summed E-state index contributed by atoms with van der Waals surface area (Å²) < 4.78 is 0. The highest BCUT2D eigenvalue weighted by Gasteiger charge is 2.35. The summed E-state index contributed by atoms with van der Waals surface area (Å²) in [4.78, 5) is 31.4. The second kappa shape index (κ2) is 8.01. The molecule has 5 nitrogen and oxygen atoms in total. The van der Waals surface area contributed by atoms with Crippen LogP contribution in [0.4, 0.5) is 5.69 Å². The summed E-state index contributed by atoms with van der Waals surface area (Å²) in [5.74, 6) is -0.0686. The molecule has 2 heterocycles. The topological polar surface area (TPSA) is 62.3 Å². The molecule has 0 unspecified atom stereocenters. The lowest BCUT2D eigenvalue weighted by Crippen LogP contribution is -2.47. The standard InChI is InChI=1S/C18H27N3O2S/c1-5-7-11-21-13-9-8-10-19-16(13)24-14(17(21)23)12-15(22)20-18(3,4)6-2/h8-10,14H,5-7,11-12H2,1-4H3,(H,20,22)/t14-/m0/s1. The molecule has 0 fully saturated rings. The predicted octanol–water partition coefficient (Wildman–Crippen LogP) is 3.38. The number of aromatic nitrogens is 1. The van der Waals surface area contributed by atoms with Crippen molar-refractivity contribution in [2.24, 2.45) is 0 Å². The number of nitrogens with zero attached hydrogens (tertiary/aromatic N) is 2. The van der Waals surface area contributed by atoms with Gasteiger partial charge in [0, 0.05) is 24.7 Å². The van der Waals surface area contributed by atoms with Crippen molar-refractivity contribution in [3.8, 4) is 0 Å². The van der Waals surface area contributed by atoms with Gasteiger partial charge in [-0.15, -0.1) is 0 Å². The van der Waals surface area contributed by atoms with Crippen LogP contribution >= 0.6 is 11.8 Å². The van der Waals surface area contributed by atoms with Crippen LogP contribution in [0.25, 0.3) is 0 Å². The molecule has 1 atom stereocenters. The summed E-state index contributed by atoms with van der Waals surface area (Å²) in [6.07, 6.45) is 4.72. The maximum atomic E-state index is 12.9. The molecule has 0 radical (unpaired) electrons. The van der Waals surface area contributed by atoms with Gasteiger partial charge in [-0.1, -0.05) is 32.0 Å². The Morgan fingerprint density at radius 2 is 2.17 bits per heavy atom. The number of hydrogen-bond donors (Lipinski definition) is 1. The van der Waals surface area contributed by atoms with Crippen molar-refractivity contribution in [1.82, 2.24) is 10.3 Å². The normalized spacial score (nSPS) is 17.6. The number of rotatable bonds is 7. The number of pyridine rings is 1. The number of hydrogen-bond acceptors (Lipinski definition) is 4. The smallest absolute Gasteiger partial charge is 0.241 e. The highest BCUT2D eigenvalue weighted by Crippen LogP contribution is 2.38. The number of nitrogens with one attached hydrogen (secondary N) is 1.